The van der Waals surface area contributed by atoms with Crippen LogP contribution in [-0.2, 0) is 14.3 Å². The van der Waals surface area contributed by atoms with Crippen LogP contribution >= 0.6 is 11.6 Å². The van der Waals surface area contributed by atoms with Crippen LogP contribution in [0.5, 0.6) is 5.75 Å². The average Bonchev–Trinajstić information content (AvgIpc) is 3.51. The normalized spacial score (nSPS) is 12.1. The van der Waals surface area contributed by atoms with Gasteiger partial charge in [0.2, 0.25) is 5.91 Å². The second-order valence-corrected chi connectivity index (χ2v) is 10.0. The topological polar surface area (TPSA) is 85.3 Å². The van der Waals surface area contributed by atoms with Crippen molar-refractivity contribution in [3.63, 3.8) is 0 Å². The number of nitrogens with one attached hydrogen (secondary N) is 2. The van der Waals surface area contributed by atoms with Crippen LogP contribution in [0.15, 0.2) is 79.1 Å². The van der Waals surface area contributed by atoms with E-state index in [4.69, 9.17) is 21.1 Å². The lowest BCUT2D eigenvalue weighted by Crippen LogP contribution is -2.22. The average molecular weight is 544 g/mol. The number of esters is 1. The number of aromatic amines is 1. The van der Waals surface area contributed by atoms with Gasteiger partial charge in [-0.05, 0) is 74.4 Å². The quantitative estimate of drug-likeness (QED) is 0.195. The molecule has 1 unspecified atom stereocenters. The molecule has 5 aromatic rings. The van der Waals surface area contributed by atoms with Gasteiger partial charge >= 0.3 is 5.97 Å². The molecule has 7 nitrogen and oxygen atoms in total. The van der Waals surface area contributed by atoms with E-state index in [9.17, 15) is 9.59 Å². The predicted molar refractivity (Wildman–Crippen MR) is 155 cm³/mol. The molecule has 1 atom stereocenters. The molecule has 39 heavy (non-hydrogen) atoms. The van der Waals surface area contributed by atoms with Gasteiger partial charge in [-0.1, -0.05) is 29.8 Å². The zero-order valence-corrected chi connectivity index (χ0v) is 22.8. The van der Waals surface area contributed by atoms with Crippen LogP contribution in [0.25, 0.3) is 21.8 Å². The van der Waals surface area contributed by atoms with E-state index >= 15 is 0 Å². The van der Waals surface area contributed by atoms with Crippen molar-refractivity contribution in [2.75, 3.05) is 18.5 Å². The zero-order chi connectivity index (χ0) is 27.5. The van der Waals surface area contributed by atoms with E-state index < -0.39 is 11.9 Å². The van der Waals surface area contributed by atoms with E-state index in [-0.39, 0.29) is 18.6 Å². The standard InChI is InChI=1S/C31H30ClN3O4/c1-4-38-29(36)18-39-22-13-14-24-26(17-35(19(2)3)28(24)15-22)30(25-16-33-27-8-6-5-7-23(25)27)31(37)34-21-11-9-20(32)10-12-21/h5-17,19,30,33H,4,18H2,1-3H3,(H,34,37). The summed E-state index contributed by atoms with van der Waals surface area (Å²) < 4.78 is 12.8. The van der Waals surface area contributed by atoms with Gasteiger partial charge in [0.05, 0.1) is 18.0 Å². The van der Waals surface area contributed by atoms with Crippen molar-refractivity contribution < 1.29 is 19.1 Å². The van der Waals surface area contributed by atoms with E-state index in [2.05, 4.69) is 28.7 Å². The number of H-pyrrole nitrogens is 1. The number of hydrogen-bond donors (Lipinski definition) is 2. The summed E-state index contributed by atoms with van der Waals surface area (Å²) >= 11 is 6.06. The summed E-state index contributed by atoms with van der Waals surface area (Å²) in [5, 5.41) is 5.59. The zero-order valence-electron chi connectivity index (χ0n) is 22.0. The minimum absolute atomic E-state index is 0.115. The summed E-state index contributed by atoms with van der Waals surface area (Å²) in [4.78, 5) is 29.2. The maximum Gasteiger partial charge on any atom is 0.344 e. The number of rotatable bonds is 9. The smallest absolute Gasteiger partial charge is 0.344 e. The third-order valence-corrected chi connectivity index (χ3v) is 6.92. The lowest BCUT2D eigenvalue weighted by Gasteiger charge is -2.17. The minimum atomic E-state index is -0.606. The Labute approximate surface area is 231 Å². The Morgan fingerprint density at radius 3 is 2.51 bits per heavy atom. The Balaban J connectivity index is 1.61. The van der Waals surface area contributed by atoms with Crippen LogP contribution in [0.4, 0.5) is 5.69 Å². The molecular formula is C31H30ClN3O4. The van der Waals surface area contributed by atoms with Gasteiger partial charge in [0, 0.05) is 51.5 Å². The molecule has 0 spiro atoms. The number of nitrogens with zero attached hydrogens (tertiary/aromatic N) is 1. The Kier molecular flexibility index (Phi) is 7.61. The fourth-order valence-corrected chi connectivity index (χ4v) is 5.01. The van der Waals surface area contributed by atoms with Gasteiger partial charge in [-0.3, -0.25) is 4.79 Å². The van der Waals surface area contributed by atoms with Crippen molar-refractivity contribution in [2.45, 2.75) is 32.7 Å². The Morgan fingerprint density at radius 1 is 1.00 bits per heavy atom. The van der Waals surface area contributed by atoms with E-state index in [1.807, 2.05) is 54.9 Å². The molecule has 8 heteroatoms. The number of ether oxygens (including phenoxy) is 2. The first kappa shape index (κ1) is 26.4. The molecule has 0 radical (unpaired) electrons. The first-order valence-corrected chi connectivity index (χ1v) is 13.3. The molecule has 2 aromatic heterocycles. The van der Waals surface area contributed by atoms with Gasteiger partial charge < -0.3 is 24.3 Å². The highest BCUT2D eigenvalue weighted by Gasteiger charge is 2.29. The molecule has 0 saturated carbocycles. The summed E-state index contributed by atoms with van der Waals surface area (Å²) in [5.41, 5.74) is 4.27. The number of hydrogen-bond acceptors (Lipinski definition) is 4. The van der Waals surface area contributed by atoms with Gasteiger partial charge in [0.15, 0.2) is 6.61 Å². The second kappa shape index (κ2) is 11.3. The van der Waals surface area contributed by atoms with Crippen LogP contribution < -0.4 is 10.1 Å². The largest absolute Gasteiger partial charge is 0.482 e. The molecule has 0 aliphatic rings. The molecule has 1 amide bonds. The fourth-order valence-electron chi connectivity index (χ4n) is 4.88. The Morgan fingerprint density at radius 2 is 1.77 bits per heavy atom. The van der Waals surface area contributed by atoms with Gasteiger partial charge in [-0.2, -0.15) is 0 Å². The summed E-state index contributed by atoms with van der Waals surface area (Å²) in [6.45, 7) is 6.06. The number of fused-ring (bicyclic) bond motifs is 2. The van der Waals surface area contributed by atoms with Crippen molar-refractivity contribution in [1.82, 2.24) is 9.55 Å². The van der Waals surface area contributed by atoms with Crippen LogP contribution in [0, 0.1) is 0 Å². The third kappa shape index (κ3) is 5.49. The number of benzene rings is 3. The number of carbonyl (C=O) groups is 2. The number of para-hydroxylation sites is 1. The highest BCUT2D eigenvalue weighted by molar-refractivity contribution is 6.30. The summed E-state index contributed by atoms with van der Waals surface area (Å²) in [5.74, 6) is -0.634. The first-order valence-electron chi connectivity index (χ1n) is 12.9. The van der Waals surface area contributed by atoms with Gasteiger partial charge in [-0.25, -0.2) is 4.79 Å². The summed E-state index contributed by atoms with van der Waals surface area (Å²) in [6.07, 6.45) is 3.95. The molecule has 0 fully saturated rings. The highest BCUT2D eigenvalue weighted by atomic mass is 35.5. The van der Waals surface area contributed by atoms with Crippen molar-refractivity contribution in [3.05, 3.63) is 95.3 Å². The van der Waals surface area contributed by atoms with Crippen molar-refractivity contribution in [1.29, 1.82) is 0 Å². The fraction of sp³-hybridized carbons (Fsp3) is 0.226. The Bertz CT molecular complexity index is 1640. The second-order valence-electron chi connectivity index (χ2n) is 9.58. The Hall–Kier alpha value is -4.23. The first-order chi connectivity index (χ1) is 18.9. The third-order valence-electron chi connectivity index (χ3n) is 6.67. The number of halogens is 1. The van der Waals surface area contributed by atoms with Crippen molar-refractivity contribution in [2.24, 2.45) is 0 Å². The number of aromatic nitrogens is 2. The molecule has 0 aliphatic heterocycles. The minimum Gasteiger partial charge on any atom is -0.482 e. The molecule has 0 saturated heterocycles. The molecule has 200 valence electrons. The van der Waals surface area contributed by atoms with Crippen molar-refractivity contribution >= 4 is 51.0 Å². The predicted octanol–water partition coefficient (Wildman–Crippen LogP) is 7.07. The SMILES string of the molecule is CCOC(=O)COc1ccc2c(C(C(=O)Nc3ccc(Cl)cc3)c3c[nH]c4ccccc34)cn(C(C)C)c2c1. The molecular weight excluding hydrogens is 514 g/mol. The van der Waals surface area contributed by atoms with E-state index in [0.717, 1.165) is 32.9 Å². The molecule has 5 rings (SSSR count). The summed E-state index contributed by atoms with van der Waals surface area (Å²) in [7, 11) is 0. The maximum atomic E-state index is 14.0. The van der Waals surface area contributed by atoms with Gasteiger partial charge in [-0.15, -0.1) is 0 Å². The van der Waals surface area contributed by atoms with Crippen LogP contribution in [0.3, 0.4) is 0 Å². The molecule has 2 N–H and O–H groups in total. The molecule has 3 aromatic carbocycles. The number of carbonyl (C=O) groups excluding carboxylic acids is 2. The number of amides is 1. The molecule has 0 aliphatic carbocycles. The van der Waals surface area contributed by atoms with Gasteiger partial charge in [0.1, 0.15) is 5.75 Å². The molecule has 2 heterocycles. The monoisotopic (exact) mass is 543 g/mol. The van der Waals surface area contributed by atoms with E-state index in [0.29, 0.717) is 23.1 Å². The van der Waals surface area contributed by atoms with Crippen molar-refractivity contribution in [3.8, 4) is 5.75 Å². The number of anilines is 1. The lowest BCUT2D eigenvalue weighted by molar-refractivity contribution is -0.145. The van der Waals surface area contributed by atoms with Crippen LogP contribution in [0.2, 0.25) is 5.02 Å². The van der Waals surface area contributed by atoms with E-state index in [1.54, 1.807) is 31.2 Å². The maximum absolute atomic E-state index is 14.0. The van der Waals surface area contributed by atoms with Crippen LogP contribution in [-0.4, -0.2) is 34.6 Å². The lowest BCUT2D eigenvalue weighted by atomic mass is 9.89. The van der Waals surface area contributed by atoms with Gasteiger partial charge in [0.25, 0.3) is 0 Å². The molecule has 0 bridgehead atoms. The highest BCUT2D eigenvalue weighted by Crippen LogP contribution is 2.39. The van der Waals surface area contributed by atoms with Crippen LogP contribution in [0.1, 0.15) is 43.9 Å². The van der Waals surface area contributed by atoms with E-state index in [1.165, 1.54) is 0 Å². The summed E-state index contributed by atoms with van der Waals surface area (Å²) in [6, 6.07) is 20.8.